The molecule has 1 fully saturated rings. The number of piperidine rings is 1. The molecule has 1 N–H and O–H groups in total. The van der Waals surface area contributed by atoms with Crippen LogP contribution in [0.5, 0.6) is 0 Å². The minimum atomic E-state index is -0.835. The Kier molecular flexibility index (Phi) is 4.15. The SMILES string of the molecule is O=C(O)CN1CCCC(c2nc(-c3ccc(F)cc3)no2)C1. The quantitative estimate of drug-likeness (QED) is 0.932. The Labute approximate surface area is 126 Å². The highest BCUT2D eigenvalue weighted by Gasteiger charge is 2.27. The molecule has 22 heavy (non-hydrogen) atoms. The number of carboxylic acids is 1. The van der Waals surface area contributed by atoms with Crippen LogP contribution in [-0.4, -0.2) is 45.8 Å². The Morgan fingerprint density at radius 3 is 2.91 bits per heavy atom. The van der Waals surface area contributed by atoms with Crippen LogP contribution in [-0.2, 0) is 4.79 Å². The Hall–Kier alpha value is -2.28. The fourth-order valence-electron chi connectivity index (χ4n) is 2.71. The number of halogens is 1. The van der Waals surface area contributed by atoms with Gasteiger partial charge in [-0.05, 0) is 43.7 Å². The Balaban J connectivity index is 1.73. The zero-order chi connectivity index (χ0) is 15.5. The van der Waals surface area contributed by atoms with Gasteiger partial charge in [-0.25, -0.2) is 4.39 Å². The smallest absolute Gasteiger partial charge is 0.317 e. The Morgan fingerprint density at radius 2 is 2.18 bits per heavy atom. The second kappa shape index (κ2) is 6.23. The molecule has 0 bridgehead atoms. The summed E-state index contributed by atoms with van der Waals surface area (Å²) in [5.41, 5.74) is 0.689. The van der Waals surface area contributed by atoms with Gasteiger partial charge in [0.1, 0.15) is 5.82 Å². The molecule has 7 heteroatoms. The number of aliphatic carboxylic acids is 1. The average Bonchev–Trinajstić information content (AvgIpc) is 2.97. The van der Waals surface area contributed by atoms with Crippen molar-refractivity contribution in [3.63, 3.8) is 0 Å². The van der Waals surface area contributed by atoms with Crippen molar-refractivity contribution in [3.05, 3.63) is 36.0 Å². The summed E-state index contributed by atoms with van der Waals surface area (Å²) in [6, 6.07) is 5.89. The third-order valence-electron chi connectivity index (χ3n) is 3.76. The van der Waals surface area contributed by atoms with Crippen molar-refractivity contribution in [3.8, 4) is 11.4 Å². The molecule has 1 atom stereocenters. The molecule has 1 aromatic heterocycles. The van der Waals surface area contributed by atoms with Gasteiger partial charge in [0, 0.05) is 12.1 Å². The fourth-order valence-corrected chi connectivity index (χ4v) is 2.71. The number of carbonyl (C=O) groups is 1. The maximum absolute atomic E-state index is 12.9. The van der Waals surface area contributed by atoms with Gasteiger partial charge in [0.15, 0.2) is 0 Å². The largest absolute Gasteiger partial charge is 0.480 e. The zero-order valence-electron chi connectivity index (χ0n) is 11.9. The van der Waals surface area contributed by atoms with Crippen LogP contribution in [0.25, 0.3) is 11.4 Å². The van der Waals surface area contributed by atoms with E-state index in [0.29, 0.717) is 23.8 Å². The molecule has 3 rings (SSSR count). The van der Waals surface area contributed by atoms with E-state index in [9.17, 15) is 9.18 Å². The van der Waals surface area contributed by atoms with Gasteiger partial charge in [-0.15, -0.1) is 0 Å². The molecule has 6 nitrogen and oxygen atoms in total. The van der Waals surface area contributed by atoms with E-state index in [1.54, 1.807) is 12.1 Å². The van der Waals surface area contributed by atoms with Gasteiger partial charge < -0.3 is 9.63 Å². The summed E-state index contributed by atoms with van der Waals surface area (Å²) in [5, 5.41) is 12.8. The summed E-state index contributed by atoms with van der Waals surface area (Å²) in [6.07, 6.45) is 1.79. The van der Waals surface area contributed by atoms with E-state index in [-0.39, 0.29) is 18.3 Å². The molecule has 1 unspecified atom stereocenters. The van der Waals surface area contributed by atoms with Crippen molar-refractivity contribution in [1.29, 1.82) is 0 Å². The molecule has 0 amide bonds. The van der Waals surface area contributed by atoms with Gasteiger partial charge in [-0.3, -0.25) is 9.69 Å². The first-order valence-corrected chi connectivity index (χ1v) is 7.15. The van der Waals surface area contributed by atoms with Crippen molar-refractivity contribution < 1.29 is 18.8 Å². The van der Waals surface area contributed by atoms with Gasteiger partial charge in [-0.2, -0.15) is 4.98 Å². The lowest BCUT2D eigenvalue weighted by Gasteiger charge is -2.29. The molecule has 116 valence electrons. The van der Waals surface area contributed by atoms with Crippen molar-refractivity contribution in [2.75, 3.05) is 19.6 Å². The van der Waals surface area contributed by atoms with Gasteiger partial charge in [0.05, 0.1) is 12.5 Å². The average molecular weight is 305 g/mol. The normalized spacial score (nSPS) is 19.2. The minimum Gasteiger partial charge on any atom is -0.480 e. The lowest BCUT2D eigenvalue weighted by atomic mass is 9.98. The number of likely N-dealkylation sites (tertiary alicyclic amines) is 1. The van der Waals surface area contributed by atoms with Crippen LogP contribution >= 0.6 is 0 Å². The first kappa shape index (κ1) is 14.6. The van der Waals surface area contributed by atoms with E-state index in [0.717, 1.165) is 19.4 Å². The van der Waals surface area contributed by atoms with Crippen LogP contribution in [0.2, 0.25) is 0 Å². The predicted octanol–water partition coefficient (Wildman–Crippen LogP) is 2.14. The van der Waals surface area contributed by atoms with Crippen LogP contribution in [0, 0.1) is 5.82 Å². The lowest BCUT2D eigenvalue weighted by molar-refractivity contribution is -0.138. The third kappa shape index (κ3) is 3.30. The molecular formula is C15H16FN3O3. The first-order chi connectivity index (χ1) is 10.6. The highest BCUT2D eigenvalue weighted by atomic mass is 19.1. The van der Waals surface area contributed by atoms with Gasteiger partial charge >= 0.3 is 5.97 Å². The standard InChI is InChI=1S/C15H16FN3O3/c16-12-5-3-10(4-6-12)14-17-15(22-18-14)11-2-1-7-19(8-11)9-13(20)21/h3-6,11H,1-2,7-9H2,(H,20,21). The number of hydrogen-bond acceptors (Lipinski definition) is 5. The Bertz CT molecular complexity index is 656. The summed E-state index contributed by atoms with van der Waals surface area (Å²) >= 11 is 0. The second-order valence-electron chi connectivity index (χ2n) is 5.43. The van der Waals surface area contributed by atoms with Crippen molar-refractivity contribution >= 4 is 5.97 Å². The summed E-state index contributed by atoms with van der Waals surface area (Å²) in [7, 11) is 0. The number of hydrogen-bond donors (Lipinski definition) is 1. The molecular weight excluding hydrogens is 289 g/mol. The summed E-state index contributed by atoms with van der Waals surface area (Å²) < 4.78 is 18.2. The summed E-state index contributed by atoms with van der Waals surface area (Å²) in [4.78, 5) is 17.1. The summed E-state index contributed by atoms with van der Waals surface area (Å²) in [6.45, 7) is 1.38. The van der Waals surface area contributed by atoms with Crippen LogP contribution in [0.15, 0.2) is 28.8 Å². The summed E-state index contributed by atoms with van der Waals surface area (Å²) in [5.74, 6) is -0.184. The molecule has 0 radical (unpaired) electrons. The molecule has 1 aliphatic heterocycles. The Morgan fingerprint density at radius 1 is 1.41 bits per heavy atom. The molecule has 1 saturated heterocycles. The highest BCUT2D eigenvalue weighted by Crippen LogP contribution is 2.27. The maximum Gasteiger partial charge on any atom is 0.317 e. The fraction of sp³-hybridized carbons (Fsp3) is 0.400. The first-order valence-electron chi connectivity index (χ1n) is 7.15. The van der Waals surface area contributed by atoms with Gasteiger partial charge in [0.25, 0.3) is 0 Å². The molecule has 0 spiro atoms. The lowest BCUT2D eigenvalue weighted by Crippen LogP contribution is -2.38. The van der Waals surface area contributed by atoms with Crippen molar-refractivity contribution in [2.24, 2.45) is 0 Å². The van der Waals surface area contributed by atoms with E-state index in [2.05, 4.69) is 10.1 Å². The monoisotopic (exact) mass is 305 g/mol. The number of nitrogens with zero attached hydrogens (tertiary/aromatic N) is 3. The number of carboxylic acid groups (broad SMARTS) is 1. The second-order valence-corrected chi connectivity index (χ2v) is 5.43. The highest BCUT2D eigenvalue weighted by molar-refractivity contribution is 5.69. The number of rotatable bonds is 4. The molecule has 0 saturated carbocycles. The van der Waals surface area contributed by atoms with Crippen LogP contribution < -0.4 is 0 Å². The number of aromatic nitrogens is 2. The maximum atomic E-state index is 12.9. The van der Waals surface area contributed by atoms with Crippen molar-refractivity contribution in [2.45, 2.75) is 18.8 Å². The van der Waals surface area contributed by atoms with Crippen LogP contribution in [0.4, 0.5) is 4.39 Å². The number of benzene rings is 1. The molecule has 1 aromatic carbocycles. The van der Waals surface area contributed by atoms with E-state index in [4.69, 9.17) is 9.63 Å². The topological polar surface area (TPSA) is 79.5 Å². The molecule has 1 aliphatic rings. The van der Waals surface area contributed by atoms with E-state index in [1.807, 2.05) is 4.90 Å². The van der Waals surface area contributed by atoms with Crippen LogP contribution in [0.3, 0.4) is 0 Å². The molecule has 0 aliphatic carbocycles. The van der Waals surface area contributed by atoms with Gasteiger partial charge in [0.2, 0.25) is 11.7 Å². The third-order valence-corrected chi connectivity index (χ3v) is 3.76. The van der Waals surface area contributed by atoms with Crippen molar-refractivity contribution in [1.82, 2.24) is 15.0 Å². The zero-order valence-corrected chi connectivity index (χ0v) is 11.9. The molecule has 2 aromatic rings. The minimum absolute atomic E-state index is 0.0233. The van der Waals surface area contributed by atoms with Crippen LogP contribution in [0.1, 0.15) is 24.7 Å². The molecule has 2 heterocycles. The van der Waals surface area contributed by atoms with E-state index < -0.39 is 5.97 Å². The van der Waals surface area contributed by atoms with E-state index >= 15 is 0 Å². The van der Waals surface area contributed by atoms with Gasteiger partial charge in [-0.1, -0.05) is 5.16 Å². The van der Waals surface area contributed by atoms with E-state index in [1.165, 1.54) is 12.1 Å². The predicted molar refractivity (Wildman–Crippen MR) is 75.7 cm³/mol.